The van der Waals surface area contributed by atoms with Crippen molar-refractivity contribution in [1.82, 2.24) is 30.4 Å². The molecule has 5 aliphatic rings. The average Bonchev–Trinajstić information content (AvgIpc) is 4.14. The molecule has 4 aromatic rings. The Bertz CT molecular complexity index is 2560. The maximum atomic E-state index is 14.6. The number of carbonyl (C=O) groups excluding carboxylic acids is 4. The van der Waals surface area contributed by atoms with Gasteiger partial charge in [-0.3, -0.25) is 14.6 Å². The van der Waals surface area contributed by atoms with Crippen molar-refractivity contribution in [1.29, 1.82) is 0 Å². The number of nitrogens with zero attached hydrogens (tertiary/aromatic N) is 4. The summed E-state index contributed by atoms with van der Waals surface area (Å²) in [6.45, 7) is 12.5. The molecule has 0 aliphatic carbocycles. The minimum absolute atomic E-state index is 0.0126. The van der Waals surface area contributed by atoms with Gasteiger partial charge in [0.15, 0.2) is 0 Å². The number of imidazole rings is 1. The predicted molar refractivity (Wildman–Crippen MR) is 251 cm³/mol. The topological polar surface area (TPSA) is 177 Å². The van der Waals surface area contributed by atoms with Crippen LogP contribution >= 0.6 is 0 Å². The maximum absolute atomic E-state index is 14.6. The van der Waals surface area contributed by atoms with E-state index in [0.29, 0.717) is 25.9 Å². The van der Waals surface area contributed by atoms with Crippen LogP contribution in [0, 0.1) is 11.8 Å². The fourth-order valence-electron chi connectivity index (χ4n) is 11.3. The highest BCUT2D eigenvalue weighted by Crippen LogP contribution is 2.46. The quantitative estimate of drug-likeness (QED) is 0.141. The van der Waals surface area contributed by atoms with E-state index in [1.165, 1.54) is 14.2 Å². The summed E-state index contributed by atoms with van der Waals surface area (Å²) in [6, 6.07) is 13.0. The predicted octanol–water partition coefficient (Wildman–Crippen LogP) is 8.55. The van der Waals surface area contributed by atoms with Crippen LogP contribution < -0.4 is 15.4 Å². The zero-order valence-electron chi connectivity index (χ0n) is 39.3. The molecule has 0 bridgehead atoms. The van der Waals surface area contributed by atoms with Crippen molar-refractivity contribution in [2.75, 3.05) is 14.2 Å². The first-order valence-corrected chi connectivity index (χ1v) is 23.7. The largest absolute Gasteiger partial charge is 0.488 e. The number of nitrogens with one attached hydrogen (secondary N) is 3. The molecule has 15 heteroatoms. The van der Waals surface area contributed by atoms with Crippen molar-refractivity contribution >= 4 is 46.2 Å². The molecule has 1 aromatic heterocycles. The number of alkyl carbamates (subject to hydrolysis) is 2. The molecule has 0 radical (unpaired) electrons. The lowest BCUT2D eigenvalue weighted by atomic mass is 9.85. The van der Waals surface area contributed by atoms with Gasteiger partial charge in [0.2, 0.25) is 11.8 Å². The summed E-state index contributed by atoms with van der Waals surface area (Å²) in [5.74, 6) is 1.15. The maximum Gasteiger partial charge on any atom is 0.407 e. The van der Waals surface area contributed by atoms with Crippen LogP contribution in [0.3, 0.4) is 0 Å². The van der Waals surface area contributed by atoms with Gasteiger partial charge >= 0.3 is 12.2 Å². The summed E-state index contributed by atoms with van der Waals surface area (Å²) in [6.07, 6.45) is 6.46. The van der Waals surface area contributed by atoms with Gasteiger partial charge in [0.1, 0.15) is 30.3 Å². The van der Waals surface area contributed by atoms with Crippen LogP contribution in [0.4, 0.5) is 15.3 Å². The van der Waals surface area contributed by atoms with Crippen LogP contribution in [-0.4, -0.2) is 106 Å². The molecule has 3 saturated heterocycles. The van der Waals surface area contributed by atoms with E-state index < -0.39 is 24.3 Å². The van der Waals surface area contributed by atoms with Gasteiger partial charge in [-0.2, -0.15) is 0 Å². The summed E-state index contributed by atoms with van der Waals surface area (Å²) in [4.78, 5) is 70.9. The van der Waals surface area contributed by atoms with Gasteiger partial charge < -0.3 is 44.4 Å². The summed E-state index contributed by atoms with van der Waals surface area (Å²) in [5, 5.41) is 7.87. The van der Waals surface area contributed by atoms with Gasteiger partial charge in [-0.05, 0) is 135 Å². The van der Waals surface area contributed by atoms with Crippen LogP contribution in [-0.2, 0) is 36.8 Å². The zero-order valence-corrected chi connectivity index (χ0v) is 39.3. The fourth-order valence-corrected chi connectivity index (χ4v) is 11.3. The second-order valence-electron chi connectivity index (χ2n) is 19.2. The molecule has 15 nitrogen and oxygen atoms in total. The first-order valence-electron chi connectivity index (χ1n) is 23.7. The van der Waals surface area contributed by atoms with E-state index >= 15 is 0 Å². The number of ether oxygens (including phenoxy) is 4. The molecule has 350 valence electrons. The van der Waals surface area contributed by atoms with Gasteiger partial charge in [-0.15, -0.1) is 0 Å². The lowest BCUT2D eigenvalue weighted by molar-refractivity contribution is -0.139. The van der Waals surface area contributed by atoms with Crippen LogP contribution in [0.25, 0.3) is 33.2 Å². The zero-order chi connectivity index (χ0) is 46.6. The first kappa shape index (κ1) is 45.2. The minimum atomic E-state index is -0.727. The van der Waals surface area contributed by atoms with Gasteiger partial charge in [0.05, 0.1) is 56.1 Å². The Morgan fingerprint density at radius 2 is 1.55 bits per heavy atom. The molecule has 9 rings (SSSR count). The van der Waals surface area contributed by atoms with Gasteiger partial charge in [-0.25, -0.2) is 14.6 Å². The average molecular weight is 902 g/mol. The van der Waals surface area contributed by atoms with E-state index in [1.54, 1.807) is 0 Å². The van der Waals surface area contributed by atoms with E-state index in [2.05, 4.69) is 65.0 Å². The van der Waals surface area contributed by atoms with Crippen LogP contribution in [0.2, 0.25) is 0 Å². The Kier molecular flexibility index (Phi) is 12.6. The molecule has 0 unspecified atom stereocenters. The van der Waals surface area contributed by atoms with E-state index in [4.69, 9.17) is 28.9 Å². The number of methoxy groups -OCH3 is 2. The molecular formula is C51H63N7O8. The lowest BCUT2D eigenvalue weighted by Gasteiger charge is -2.39. The standard InChI is InChI=1S/C51H63N7O8/c1-9-26(2)45(55-50(61)63-7)48(59)58-28(4)11-17-43(58)47-52-24-41(54-47)32-12-14-35-34(20-32)25-65-44-23-36-31(21-38(35)44)13-15-39-37(36)22-40(53-39)42-16-10-27(3)57(42)49(60)46(56-51(62)64-8)33-18-29(5)66-30(6)19-33/h12-15,20-21,23-24,26-30,33,42-43,45-46H,9-11,16-19,22,25H2,1-8H3,(H,52,54)(H,55,61)(H,56,62)/t26-,27-,28-,29+,30+,42-,43-,45-,46-/m0/s1. The number of carbonyl (C=O) groups is 4. The third kappa shape index (κ3) is 8.39. The van der Waals surface area contributed by atoms with Crippen molar-refractivity contribution in [3.8, 4) is 28.1 Å². The highest BCUT2D eigenvalue weighted by molar-refractivity contribution is 6.06. The Morgan fingerprint density at radius 1 is 0.848 bits per heavy atom. The van der Waals surface area contributed by atoms with Gasteiger partial charge in [0, 0.05) is 29.8 Å². The van der Waals surface area contributed by atoms with Crippen molar-refractivity contribution in [2.24, 2.45) is 16.8 Å². The van der Waals surface area contributed by atoms with E-state index in [9.17, 15) is 19.2 Å². The molecule has 0 spiro atoms. The number of hydrogen-bond donors (Lipinski definition) is 3. The lowest BCUT2D eigenvalue weighted by Crippen LogP contribution is -2.57. The number of amides is 4. The van der Waals surface area contributed by atoms with Crippen LogP contribution in [0.1, 0.15) is 109 Å². The number of aliphatic imine (C=N–C) groups is 1. The third-order valence-corrected chi connectivity index (χ3v) is 14.9. The number of aromatic nitrogens is 2. The number of H-pyrrole nitrogens is 1. The van der Waals surface area contributed by atoms with E-state index in [1.807, 2.05) is 50.6 Å². The smallest absolute Gasteiger partial charge is 0.407 e. The number of fused-ring (bicyclic) bond motifs is 6. The van der Waals surface area contributed by atoms with E-state index in [-0.39, 0.29) is 60.0 Å². The summed E-state index contributed by atoms with van der Waals surface area (Å²) >= 11 is 0. The van der Waals surface area contributed by atoms with Crippen molar-refractivity contribution in [3.63, 3.8) is 0 Å². The SMILES string of the molecule is CC[C@H](C)[C@H](NC(=O)OC)C(=O)N1[C@@H](C)CC[C@H]1c1ncc(-c2ccc3c(c2)COc2cc4c5c(ccc4cc2-3)N=C([C@@H]2CC[C@H](C)N2C(=O)[C@@H](NC(=O)OC)C2C[C@@H](C)O[C@H](C)C2)C5)[nH]1. The first-order chi connectivity index (χ1) is 31.8. The highest BCUT2D eigenvalue weighted by atomic mass is 16.5. The molecule has 3 aromatic carbocycles. The van der Waals surface area contributed by atoms with Crippen LogP contribution in [0.5, 0.6) is 5.75 Å². The Hall–Kier alpha value is -5.96. The van der Waals surface area contributed by atoms with E-state index in [0.717, 1.165) is 99.4 Å². The third-order valence-electron chi connectivity index (χ3n) is 14.9. The van der Waals surface area contributed by atoms with Crippen molar-refractivity contribution < 1.29 is 38.1 Å². The normalized spacial score (nSPS) is 25.8. The van der Waals surface area contributed by atoms with Crippen LogP contribution in [0.15, 0.2) is 53.7 Å². The van der Waals surface area contributed by atoms with Gasteiger partial charge in [-0.1, -0.05) is 38.5 Å². The molecule has 4 amide bonds. The number of rotatable bonds is 10. The molecular weight excluding hydrogens is 839 g/mol. The molecule has 3 fully saturated rings. The monoisotopic (exact) mass is 901 g/mol. The Labute approximate surface area is 386 Å². The van der Waals surface area contributed by atoms with Gasteiger partial charge in [0.25, 0.3) is 0 Å². The molecule has 3 N–H and O–H groups in total. The Balaban J connectivity index is 0.933. The molecule has 5 aliphatic heterocycles. The number of aromatic amines is 1. The molecule has 6 heterocycles. The number of benzene rings is 3. The van der Waals surface area contributed by atoms with Crippen molar-refractivity contribution in [3.05, 3.63) is 65.6 Å². The molecule has 66 heavy (non-hydrogen) atoms. The second-order valence-corrected chi connectivity index (χ2v) is 19.2. The summed E-state index contributed by atoms with van der Waals surface area (Å²) < 4.78 is 22.4. The van der Waals surface area contributed by atoms with Crippen molar-refractivity contribution in [2.45, 2.75) is 148 Å². The molecule has 0 saturated carbocycles. The second kappa shape index (κ2) is 18.4. The summed E-state index contributed by atoms with van der Waals surface area (Å²) in [7, 11) is 2.63. The summed E-state index contributed by atoms with van der Waals surface area (Å²) in [5.41, 5.74) is 8.00. The number of hydrogen-bond acceptors (Lipinski definition) is 10. The fraction of sp³-hybridized carbons (Fsp3) is 0.529. The Morgan fingerprint density at radius 3 is 2.26 bits per heavy atom. The minimum Gasteiger partial charge on any atom is -0.488 e. The highest BCUT2D eigenvalue weighted by Gasteiger charge is 2.46. The molecule has 9 atom stereocenters. The number of likely N-dealkylation sites (tertiary alicyclic amines) is 2.